The highest BCUT2D eigenvalue weighted by Crippen LogP contribution is 2.18. The third-order valence-electron chi connectivity index (χ3n) is 1.87. The number of hydrogen-bond acceptors (Lipinski definition) is 2. The average Bonchev–Trinajstić information content (AvgIpc) is 2.05. The van der Waals surface area contributed by atoms with Crippen molar-refractivity contribution in [2.45, 2.75) is 33.6 Å². The fraction of sp³-hybridized carbons (Fsp3) is 0.700. The van der Waals surface area contributed by atoms with Crippen LogP contribution in [0.5, 0.6) is 0 Å². The second-order valence-corrected chi connectivity index (χ2v) is 3.26. The van der Waals surface area contributed by atoms with Crippen LogP contribution in [-0.4, -0.2) is 12.5 Å². The van der Waals surface area contributed by atoms with Gasteiger partial charge in [-0.25, -0.2) is 4.99 Å². The number of allylic oxidation sites excluding steroid dienone is 2. The molecular formula is C10H17NO. The molecule has 1 aliphatic heterocycles. The minimum absolute atomic E-state index is 0.515. The third-order valence-corrected chi connectivity index (χ3v) is 1.87. The molecule has 0 N–H and O–H groups in total. The highest BCUT2D eigenvalue weighted by atomic mass is 16.5. The third kappa shape index (κ3) is 2.36. The van der Waals surface area contributed by atoms with Gasteiger partial charge in [-0.15, -0.1) is 0 Å². The molecule has 0 spiro atoms. The van der Waals surface area contributed by atoms with Gasteiger partial charge in [-0.1, -0.05) is 19.9 Å². The van der Waals surface area contributed by atoms with Gasteiger partial charge < -0.3 is 4.74 Å². The highest BCUT2D eigenvalue weighted by molar-refractivity contribution is 5.78. The van der Waals surface area contributed by atoms with Gasteiger partial charge in [0, 0.05) is 12.1 Å². The van der Waals surface area contributed by atoms with Gasteiger partial charge in [-0.3, -0.25) is 0 Å². The maximum atomic E-state index is 5.37. The molecule has 0 atom stereocenters. The molecular weight excluding hydrogens is 150 g/mol. The van der Waals surface area contributed by atoms with E-state index in [1.54, 1.807) is 0 Å². The maximum Gasteiger partial charge on any atom is 0.188 e. The first-order valence-corrected chi connectivity index (χ1v) is 4.64. The molecule has 68 valence electrons. The van der Waals surface area contributed by atoms with Gasteiger partial charge >= 0.3 is 0 Å². The second kappa shape index (κ2) is 4.29. The fourth-order valence-corrected chi connectivity index (χ4v) is 1.22. The number of ether oxygens (including phenoxy) is 1. The van der Waals surface area contributed by atoms with E-state index in [1.807, 2.05) is 6.92 Å². The van der Waals surface area contributed by atoms with E-state index in [0.29, 0.717) is 5.92 Å². The average molecular weight is 167 g/mol. The molecule has 1 rings (SSSR count). The molecule has 1 aliphatic rings. The van der Waals surface area contributed by atoms with Crippen LogP contribution in [0.2, 0.25) is 0 Å². The Labute approximate surface area is 74.3 Å². The summed E-state index contributed by atoms with van der Waals surface area (Å²) < 4.78 is 5.37. The van der Waals surface area contributed by atoms with Gasteiger partial charge in [0.25, 0.3) is 0 Å². The van der Waals surface area contributed by atoms with Crippen molar-refractivity contribution in [1.82, 2.24) is 0 Å². The standard InChI is InChI=1S/C10H17NO/c1-4-12-10-7-5-6-9(11-10)8(2)3/h6,8H,4-5,7H2,1-3H3. The van der Waals surface area contributed by atoms with Crippen LogP contribution in [0.4, 0.5) is 0 Å². The summed E-state index contributed by atoms with van der Waals surface area (Å²) in [7, 11) is 0. The Hall–Kier alpha value is -0.790. The molecule has 0 unspecified atom stereocenters. The van der Waals surface area contributed by atoms with E-state index < -0.39 is 0 Å². The summed E-state index contributed by atoms with van der Waals surface area (Å²) in [4.78, 5) is 4.43. The molecule has 2 nitrogen and oxygen atoms in total. The number of nitrogens with zero attached hydrogens (tertiary/aromatic N) is 1. The quantitative estimate of drug-likeness (QED) is 0.619. The summed E-state index contributed by atoms with van der Waals surface area (Å²) in [6.45, 7) is 7.04. The van der Waals surface area contributed by atoms with E-state index in [-0.39, 0.29) is 0 Å². The normalized spacial score (nSPS) is 17.3. The predicted molar refractivity (Wildman–Crippen MR) is 51.2 cm³/mol. The zero-order valence-electron chi connectivity index (χ0n) is 8.13. The van der Waals surface area contributed by atoms with Crippen molar-refractivity contribution in [1.29, 1.82) is 0 Å². The monoisotopic (exact) mass is 167 g/mol. The Kier molecular flexibility index (Phi) is 3.32. The Balaban J connectivity index is 2.61. The van der Waals surface area contributed by atoms with Crippen molar-refractivity contribution in [3.8, 4) is 0 Å². The summed E-state index contributed by atoms with van der Waals surface area (Å²) in [6.07, 6.45) is 4.24. The lowest BCUT2D eigenvalue weighted by Crippen LogP contribution is -2.09. The fourth-order valence-electron chi connectivity index (χ4n) is 1.22. The lowest BCUT2D eigenvalue weighted by Gasteiger charge is -2.14. The van der Waals surface area contributed by atoms with Crippen molar-refractivity contribution in [2.24, 2.45) is 10.9 Å². The summed E-state index contributed by atoms with van der Waals surface area (Å²) in [6, 6.07) is 0. The SMILES string of the molecule is CCOC1=NC(C(C)C)=CCC1. The highest BCUT2D eigenvalue weighted by Gasteiger charge is 2.09. The van der Waals surface area contributed by atoms with Gasteiger partial charge in [0.05, 0.1) is 6.61 Å². The van der Waals surface area contributed by atoms with Crippen molar-refractivity contribution < 1.29 is 4.74 Å². The summed E-state index contributed by atoms with van der Waals surface area (Å²) >= 11 is 0. The van der Waals surface area contributed by atoms with E-state index in [4.69, 9.17) is 4.74 Å². The van der Waals surface area contributed by atoms with Crippen LogP contribution < -0.4 is 0 Å². The molecule has 0 aromatic carbocycles. The van der Waals surface area contributed by atoms with Crippen molar-refractivity contribution in [3.63, 3.8) is 0 Å². The van der Waals surface area contributed by atoms with Crippen LogP contribution in [-0.2, 0) is 4.74 Å². The van der Waals surface area contributed by atoms with E-state index in [0.717, 1.165) is 25.3 Å². The first-order chi connectivity index (χ1) is 5.74. The molecule has 0 aliphatic carbocycles. The zero-order valence-corrected chi connectivity index (χ0v) is 8.13. The van der Waals surface area contributed by atoms with Gasteiger partial charge in [-0.05, 0) is 19.3 Å². The molecule has 0 fully saturated rings. The molecule has 0 bridgehead atoms. The number of hydrogen-bond donors (Lipinski definition) is 0. The van der Waals surface area contributed by atoms with Gasteiger partial charge in [0.1, 0.15) is 0 Å². The molecule has 0 saturated heterocycles. The molecule has 0 aromatic rings. The molecule has 0 radical (unpaired) electrons. The minimum atomic E-state index is 0.515. The van der Waals surface area contributed by atoms with E-state index in [9.17, 15) is 0 Å². The lowest BCUT2D eigenvalue weighted by atomic mass is 10.1. The second-order valence-electron chi connectivity index (χ2n) is 3.26. The smallest absolute Gasteiger partial charge is 0.188 e. The van der Waals surface area contributed by atoms with E-state index in [2.05, 4.69) is 24.9 Å². The number of rotatable bonds is 2. The first-order valence-electron chi connectivity index (χ1n) is 4.64. The summed E-state index contributed by atoms with van der Waals surface area (Å²) in [5, 5.41) is 0. The van der Waals surface area contributed by atoms with Gasteiger partial charge in [0.15, 0.2) is 5.90 Å². The molecule has 0 amide bonds. The summed E-state index contributed by atoms with van der Waals surface area (Å²) in [5.41, 5.74) is 1.17. The van der Waals surface area contributed by atoms with Crippen LogP contribution in [0.1, 0.15) is 33.6 Å². The maximum absolute atomic E-state index is 5.37. The Morgan fingerprint density at radius 1 is 1.58 bits per heavy atom. The molecule has 1 heterocycles. The Bertz CT molecular complexity index is 204. The minimum Gasteiger partial charge on any atom is -0.481 e. The van der Waals surface area contributed by atoms with Crippen LogP contribution in [0.25, 0.3) is 0 Å². The van der Waals surface area contributed by atoms with Gasteiger partial charge in [-0.2, -0.15) is 0 Å². The van der Waals surface area contributed by atoms with Crippen LogP contribution in [0, 0.1) is 5.92 Å². The van der Waals surface area contributed by atoms with Crippen molar-refractivity contribution >= 4 is 5.90 Å². The predicted octanol–water partition coefficient (Wildman–Crippen LogP) is 2.76. The number of aliphatic imine (C=N–C) groups is 1. The first kappa shape index (κ1) is 9.30. The molecule has 0 saturated carbocycles. The zero-order chi connectivity index (χ0) is 8.97. The molecule has 2 heteroatoms. The Morgan fingerprint density at radius 2 is 2.33 bits per heavy atom. The lowest BCUT2D eigenvalue weighted by molar-refractivity contribution is 0.315. The van der Waals surface area contributed by atoms with E-state index in [1.165, 1.54) is 5.70 Å². The molecule has 0 aromatic heterocycles. The van der Waals surface area contributed by atoms with E-state index >= 15 is 0 Å². The van der Waals surface area contributed by atoms with Crippen LogP contribution in [0.15, 0.2) is 16.8 Å². The largest absolute Gasteiger partial charge is 0.481 e. The summed E-state index contributed by atoms with van der Waals surface area (Å²) in [5.74, 6) is 1.42. The van der Waals surface area contributed by atoms with Crippen LogP contribution in [0.3, 0.4) is 0 Å². The van der Waals surface area contributed by atoms with Gasteiger partial charge in [0.2, 0.25) is 0 Å². The topological polar surface area (TPSA) is 21.6 Å². The molecule has 12 heavy (non-hydrogen) atoms. The van der Waals surface area contributed by atoms with Crippen LogP contribution >= 0.6 is 0 Å². The van der Waals surface area contributed by atoms with Crippen molar-refractivity contribution in [2.75, 3.05) is 6.61 Å². The van der Waals surface area contributed by atoms with Crippen molar-refractivity contribution in [3.05, 3.63) is 11.8 Å². The Morgan fingerprint density at radius 3 is 2.92 bits per heavy atom.